The van der Waals surface area contributed by atoms with Gasteiger partial charge in [0.2, 0.25) is 11.8 Å². The van der Waals surface area contributed by atoms with Gasteiger partial charge in [0.1, 0.15) is 18.8 Å². The number of halogens is 1. The molecule has 196 valence electrons. The molecule has 2 rings (SSSR count). The van der Waals surface area contributed by atoms with E-state index in [1.54, 1.807) is 12.1 Å². The van der Waals surface area contributed by atoms with Gasteiger partial charge in [-0.2, -0.15) is 0 Å². The molecular weight excluding hydrogens is 575 g/mol. The monoisotopic (exact) mass is 608 g/mol. The van der Waals surface area contributed by atoms with E-state index in [-0.39, 0.29) is 51.8 Å². The minimum Gasteiger partial charge on any atom is -0.493 e. The zero-order chi connectivity index (χ0) is 26.0. The lowest BCUT2D eigenvalue weighted by Gasteiger charge is -2.40. The fourth-order valence-corrected chi connectivity index (χ4v) is 4.56. The van der Waals surface area contributed by atoms with Crippen molar-refractivity contribution in [2.24, 2.45) is 0 Å². The number of amides is 2. The van der Waals surface area contributed by atoms with Gasteiger partial charge in [-0.1, -0.05) is 0 Å². The summed E-state index contributed by atoms with van der Waals surface area (Å²) in [6, 6.07) is 2.53. The molecule has 0 bridgehead atoms. The molecule has 0 heterocycles. The van der Waals surface area contributed by atoms with Gasteiger partial charge in [-0.15, -0.1) is 0 Å². The van der Waals surface area contributed by atoms with Crippen molar-refractivity contribution < 1.29 is 43.9 Å². The zero-order valence-electron chi connectivity index (χ0n) is 20.0. The van der Waals surface area contributed by atoms with Crippen LogP contribution < -0.4 is 14.8 Å². The molecule has 4 N–H and O–H groups in total. The maximum Gasteiger partial charge on any atom is 0.248 e. The van der Waals surface area contributed by atoms with Gasteiger partial charge in [-0.05, 0) is 46.4 Å². The van der Waals surface area contributed by atoms with Gasteiger partial charge < -0.3 is 44.5 Å². The molecule has 1 aliphatic carbocycles. The average molecular weight is 608 g/mol. The third-order valence-electron chi connectivity index (χ3n) is 5.46. The Labute approximate surface area is 218 Å². The first-order valence-electron chi connectivity index (χ1n) is 11.0. The maximum atomic E-state index is 12.8. The molecule has 0 radical (unpaired) electrons. The maximum absolute atomic E-state index is 12.8. The van der Waals surface area contributed by atoms with Gasteiger partial charge in [0, 0.05) is 39.3 Å². The number of benzene rings is 1. The molecule has 0 spiro atoms. The largest absolute Gasteiger partial charge is 0.493 e. The van der Waals surface area contributed by atoms with Gasteiger partial charge in [0.25, 0.3) is 0 Å². The number of aliphatic hydroxyl groups excluding tert-OH is 3. The van der Waals surface area contributed by atoms with Gasteiger partial charge in [-0.3, -0.25) is 9.59 Å². The Morgan fingerprint density at radius 2 is 1.94 bits per heavy atom. The second-order valence-corrected chi connectivity index (χ2v) is 8.96. The van der Waals surface area contributed by atoms with Crippen molar-refractivity contribution in [3.63, 3.8) is 0 Å². The summed E-state index contributed by atoms with van der Waals surface area (Å²) in [5.41, 5.74) is 0.920. The second kappa shape index (κ2) is 14.6. The smallest absolute Gasteiger partial charge is 0.248 e. The van der Waals surface area contributed by atoms with Crippen LogP contribution in [0, 0.1) is 3.57 Å². The highest BCUT2D eigenvalue weighted by Crippen LogP contribution is 2.37. The Hall–Kier alpha value is -1.97. The number of nitrogens with zero attached hydrogens (tertiary/aromatic N) is 1. The molecule has 1 aromatic carbocycles. The topological polar surface area (TPSA) is 147 Å². The number of ether oxygens (including phenoxy) is 4. The number of carbonyl (C=O) groups is 2. The third kappa shape index (κ3) is 7.75. The van der Waals surface area contributed by atoms with Crippen molar-refractivity contribution in [3.8, 4) is 11.5 Å². The normalized spacial score (nSPS) is 19.6. The van der Waals surface area contributed by atoms with Crippen molar-refractivity contribution in [3.05, 3.63) is 32.9 Å². The van der Waals surface area contributed by atoms with Gasteiger partial charge in [-0.25, -0.2) is 0 Å². The third-order valence-corrected chi connectivity index (χ3v) is 6.27. The van der Waals surface area contributed by atoms with Crippen molar-refractivity contribution in [1.82, 2.24) is 10.2 Å². The second-order valence-electron chi connectivity index (χ2n) is 7.80. The van der Waals surface area contributed by atoms with E-state index >= 15 is 0 Å². The molecule has 0 fully saturated rings. The standard InChI is InChI=1S/C23H33IN2O9/c1-32-7-5-26(20(29)13-33-2)17-10-15(23(31)25-4-6-27)11-18(21(17)30)35-22-16(24)8-14(12-28)9-19(22)34-3/h8-9,11,17-18,21,27-28,30H,4-7,10,12-13H2,1-3H3,(H,25,31). The Morgan fingerprint density at radius 3 is 2.54 bits per heavy atom. The molecule has 0 saturated carbocycles. The summed E-state index contributed by atoms with van der Waals surface area (Å²) < 4.78 is 22.4. The van der Waals surface area contributed by atoms with Crippen LogP contribution >= 0.6 is 22.6 Å². The highest BCUT2D eigenvalue weighted by molar-refractivity contribution is 14.1. The van der Waals surface area contributed by atoms with Crippen LogP contribution in [0.5, 0.6) is 11.5 Å². The summed E-state index contributed by atoms with van der Waals surface area (Å²) in [4.78, 5) is 27.0. The molecule has 0 saturated heterocycles. The Bertz CT molecular complexity index is 896. The number of hydrogen-bond donors (Lipinski definition) is 4. The summed E-state index contributed by atoms with van der Waals surface area (Å²) in [6.45, 7) is -0.184. The van der Waals surface area contributed by atoms with E-state index < -0.39 is 24.2 Å². The van der Waals surface area contributed by atoms with Crippen LogP contribution in [0.2, 0.25) is 0 Å². The van der Waals surface area contributed by atoms with E-state index in [0.29, 0.717) is 26.2 Å². The van der Waals surface area contributed by atoms with E-state index in [1.165, 1.54) is 32.3 Å². The summed E-state index contributed by atoms with van der Waals surface area (Å²) in [5, 5.41) is 32.5. The predicted molar refractivity (Wildman–Crippen MR) is 134 cm³/mol. The molecule has 2 amide bonds. The molecule has 0 aromatic heterocycles. The SMILES string of the molecule is COCCN(C(=O)COC)C1CC(C(=O)NCCO)=CC(Oc2c(I)cc(CO)cc2OC)C1O. The van der Waals surface area contributed by atoms with Gasteiger partial charge in [0.05, 0.1) is 36.5 Å². The van der Waals surface area contributed by atoms with Crippen molar-refractivity contribution in [1.29, 1.82) is 0 Å². The summed E-state index contributed by atoms with van der Waals surface area (Å²) in [6.07, 6.45) is -0.625. The number of carbonyl (C=O) groups excluding carboxylic acids is 2. The van der Waals surface area contributed by atoms with E-state index in [0.717, 1.165) is 0 Å². The number of methoxy groups -OCH3 is 3. The average Bonchev–Trinajstić information content (AvgIpc) is 2.85. The molecule has 0 aliphatic heterocycles. The van der Waals surface area contributed by atoms with Crippen molar-refractivity contribution in [2.45, 2.75) is 31.3 Å². The Balaban J connectivity index is 2.47. The Kier molecular flexibility index (Phi) is 12.2. The molecule has 3 atom stereocenters. The quantitative estimate of drug-likeness (QED) is 0.224. The number of rotatable bonds is 13. The van der Waals surface area contributed by atoms with E-state index in [2.05, 4.69) is 5.32 Å². The molecule has 11 nitrogen and oxygen atoms in total. The first-order chi connectivity index (χ1) is 16.8. The lowest BCUT2D eigenvalue weighted by Crippen LogP contribution is -2.56. The number of aliphatic hydroxyl groups is 3. The lowest BCUT2D eigenvalue weighted by atomic mass is 9.88. The summed E-state index contributed by atoms with van der Waals surface area (Å²) in [7, 11) is 4.35. The molecule has 1 aliphatic rings. The summed E-state index contributed by atoms with van der Waals surface area (Å²) >= 11 is 2.03. The van der Waals surface area contributed by atoms with E-state index in [9.17, 15) is 19.8 Å². The van der Waals surface area contributed by atoms with Gasteiger partial charge in [0.15, 0.2) is 11.5 Å². The lowest BCUT2D eigenvalue weighted by molar-refractivity contribution is -0.143. The van der Waals surface area contributed by atoms with E-state index in [4.69, 9.17) is 24.1 Å². The molecule has 3 unspecified atom stereocenters. The minimum atomic E-state index is -1.19. The predicted octanol–water partition coefficient (Wildman–Crippen LogP) is -0.171. The molecular formula is C23H33IN2O9. The zero-order valence-corrected chi connectivity index (χ0v) is 22.2. The first kappa shape index (κ1) is 29.3. The highest BCUT2D eigenvalue weighted by atomic mass is 127. The van der Waals surface area contributed by atoms with Gasteiger partial charge >= 0.3 is 0 Å². The van der Waals surface area contributed by atoms with Crippen LogP contribution in [-0.4, -0.2) is 105 Å². The molecule has 35 heavy (non-hydrogen) atoms. The number of hydrogen-bond acceptors (Lipinski definition) is 9. The Morgan fingerprint density at radius 1 is 1.20 bits per heavy atom. The molecule has 12 heteroatoms. The van der Waals surface area contributed by atoms with Crippen LogP contribution in [0.15, 0.2) is 23.8 Å². The fraction of sp³-hybridized carbons (Fsp3) is 0.565. The fourth-order valence-electron chi connectivity index (χ4n) is 3.77. The highest BCUT2D eigenvalue weighted by Gasteiger charge is 2.40. The summed E-state index contributed by atoms with van der Waals surface area (Å²) in [5.74, 6) is -0.133. The van der Waals surface area contributed by atoms with Crippen LogP contribution in [0.3, 0.4) is 0 Å². The van der Waals surface area contributed by atoms with Crippen LogP contribution in [0.25, 0.3) is 0 Å². The van der Waals surface area contributed by atoms with E-state index in [1.807, 2.05) is 22.6 Å². The van der Waals surface area contributed by atoms with Crippen molar-refractivity contribution >= 4 is 34.4 Å². The number of nitrogens with one attached hydrogen (secondary N) is 1. The molecule has 1 aromatic rings. The van der Waals surface area contributed by atoms with Crippen LogP contribution in [0.4, 0.5) is 0 Å². The van der Waals surface area contributed by atoms with Crippen LogP contribution in [-0.2, 0) is 25.7 Å². The van der Waals surface area contributed by atoms with Crippen LogP contribution in [0.1, 0.15) is 12.0 Å². The first-order valence-corrected chi connectivity index (χ1v) is 12.1. The minimum absolute atomic E-state index is 0.0548. The van der Waals surface area contributed by atoms with Crippen molar-refractivity contribution in [2.75, 3.05) is 54.2 Å².